The third-order valence-electron chi connectivity index (χ3n) is 3.79. The zero-order chi connectivity index (χ0) is 19.2. The molecule has 1 amide bonds. The molecule has 1 aromatic carbocycles. The molecule has 152 valence electrons. The van der Waals surface area contributed by atoms with E-state index in [9.17, 15) is 23.3 Å². The maximum Gasteiger partial charge on any atom is 0.293 e. The highest BCUT2D eigenvalue weighted by molar-refractivity contribution is 7.90. The van der Waals surface area contributed by atoms with Crippen molar-refractivity contribution in [3.63, 3.8) is 0 Å². The van der Waals surface area contributed by atoms with E-state index in [0.29, 0.717) is 26.2 Å². The highest BCUT2D eigenvalue weighted by atomic mass is 35.5. The van der Waals surface area contributed by atoms with E-state index in [1.165, 1.54) is 12.1 Å². The number of nitro benzene ring substituents is 1. The van der Waals surface area contributed by atoms with Gasteiger partial charge in [-0.2, -0.15) is 0 Å². The van der Waals surface area contributed by atoms with Gasteiger partial charge in [0.15, 0.2) is 9.84 Å². The lowest BCUT2D eigenvalue weighted by Crippen LogP contribution is -2.44. The Morgan fingerprint density at radius 2 is 2.15 bits per heavy atom. The van der Waals surface area contributed by atoms with E-state index in [4.69, 9.17) is 4.74 Å². The van der Waals surface area contributed by atoms with Gasteiger partial charge in [0.1, 0.15) is 5.69 Å². The first-order chi connectivity index (χ1) is 12.3. The highest BCUT2D eigenvalue weighted by Crippen LogP contribution is 2.27. The largest absolute Gasteiger partial charge is 0.378 e. The lowest BCUT2D eigenvalue weighted by molar-refractivity contribution is -0.384. The van der Waals surface area contributed by atoms with Crippen molar-refractivity contribution in [3.05, 3.63) is 28.3 Å². The molecular formula is C15H23ClN4O6S. The number of rotatable bonds is 8. The second-order valence-electron chi connectivity index (χ2n) is 5.92. The second-order valence-corrected chi connectivity index (χ2v) is 7.93. The van der Waals surface area contributed by atoms with Crippen LogP contribution in [0.1, 0.15) is 6.42 Å². The van der Waals surface area contributed by atoms with Crippen LogP contribution in [0.4, 0.5) is 11.4 Å². The number of nitro groups is 1. The van der Waals surface area contributed by atoms with Crippen molar-refractivity contribution in [2.24, 2.45) is 0 Å². The van der Waals surface area contributed by atoms with Crippen LogP contribution in [-0.4, -0.2) is 64.4 Å². The lowest BCUT2D eigenvalue weighted by Gasteiger charge is -2.23. The Hall–Kier alpha value is -1.95. The fourth-order valence-corrected chi connectivity index (χ4v) is 3.13. The minimum Gasteiger partial charge on any atom is -0.378 e. The topological polar surface area (TPSA) is 140 Å². The van der Waals surface area contributed by atoms with Crippen LogP contribution < -0.4 is 16.0 Å². The number of ether oxygens (including phenoxy) is 1. The molecule has 1 fully saturated rings. The Morgan fingerprint density at radius 3 is 2.74 bits per heavy atom. The third-order valence-corrected chi connectivity index (χ3v) is 4.90. The molecule has 12 heteroatoms. The minimum absolute atomic E-state index is 0. The smallest absolute Gasteiger partial charge is 0.293 e. The van der Waals surface area contributed by atoms with E-state index < -0.39 is 14.8 Å². The molecule has 0 spiro atoms. The van der Waals surface area contributed by atoms with Crippen molar-refractivity contribution < 1.29 is 22.9 Å². The first kappa shape index (κ1) is 23.1. The molecule has 1 aliphatic heterocycles. The molecule has 1 saturated heterocycles. The van der Waals surface area contributed by atoms with Gasteiger partial charge >= 0.3 is 0 Å². The predicted octanol–water partition coefficient (Wildman–Crippen LogP) is 0.327. The quantitative estimate of drug-likeness (QED) is 0.309. The summed E-state index contributed by atoms with van der Waals surface area (Å²) in [4.78, 5) is 22.2. The molecule has 0 aromatic heterocycles. The molecule has 1 unspecified atom stereocenters. The Labute approximate surface area is 163 Å². The van der Waals surface area contributed by atoms with Gasteiger partial charge in [-0.1, -0.05) is 0 Å². The van der Waals surface area contributed by atoms with E-state index in [2.05, 4.69) is 16.0 Å². The molecule has 1 aliphatic rings. The number of carbonyl (C=O) groups excluding carboxylic acids is 1. The zero-order valence-corrected chi connectivity index (χ0v) is 16.4. The van der Waals surface area contributed by atoms with Gasteiger partial charge in [0, 0.05) is 44.4 Å². The zero-order valence-electron chi connectivity index (χ0n) is 14.8. The van der Waals surface area contributed by atoms with Crippen LogP contribution in [0.3, 0.4) is 0 Å². The number of benzene rings is 1. The number of hydrogen-bond acceptors (Lipinski definition) is 8. The summed E-state index contributed by atoms with van der Waals surface area (Å²) in [5.74, 6) is -0.142. The van der Waals surface area contributed by atoms with Gasteiger partial charge in [0.2, 0.25) is 5.91 Å². The fraction of sp³-hybridized carbons (Fsp3) is 0.533. The molecule has 10 nitrogen and oxygen atoms in total. The average molecular weight is 423 g/mol. The summed E-state index contributed by atoms with van der Waals surface area (Å²) in [5.41, 5.74) is -0.137. The van der Waals surface area contributed by atoms with Crippen LogP contribution in [0.25, 0.3) is 0 Å². The predicted molar refractivity (Wildman–Crippen MR) is 102 cm³/mol. The van der Waals surface area contributed by atoms with Crippen LogP contribution >= 0.6 is 12.4 Å². The van der Waals surface area contributed by atoms with Crippen molar-refractivity contribution >= 4 is 39.5 Å². The second kappa shape index (κ2) is 10.4. The van der Waals surface area contributed by atoms with Crippen LogP contribution in [-0.2, 0) is 19.4 Å². The highest BCUT2D eigenvalue weighted by Gasteiger charge is 2.19. The summed E-state index contributed by atoms with van der Waals surface area (Å²) < 4.78 is 28.3. The SMILES string of the molecule is CS(=O)(=O)c1ccc(NCCNC(=O)CC2COCCN2)c([N+](=O)[O-])c1.Cl. The van der Waals surface area contributed by atoms with Gasteiger partial charge in [0.25, 0.3) is 5.69 Å². The summed E-state index contributed by atoms with van der Waals surface area (Å²) in [5, 5.41) is 19.9. The summed E-state index contributed by atoms with van der Waals surface area (Å²) in [6.45, 7) is 2.38. The van der Waals surface area contributed by atoms with Gasteiger partial charge in [-0.15, -0.1) is 12.4 Å². The number of halogens is 1. The normalized spacial score (nSPS) is 16.9. The van der Waals surface area contributed by atoms with Crippen LogP contribution in [0, 0.1) is 10.1 Å². The van der Waals surface area contributed by atoms with E-state index in [1.807, 2.05) is 0 Å². The number of sulfone groups is 1. The third kappa shape index (κ3) is 7.29. The number of nitrogens with one attached hydrogen (secondary N) is 3. The Morgan fingerprint density at radius 1 is 1.41 bits per heavy atom. The van der Waals surface area contributed by atoms with Crippen LogP contribution in [0.5, 0.6) is 0 Å². The molecule has 1 aromatic rings. The Bertz CT molecular complexity index is 768. The fourth-order valence-electron chi connectivity index (χ4n) is 2.49. The molecule has 1 atom stereocenters. The van der Waals surface area contributed by atoms with Crippen molar-refractivity contribution in [1.82, 2.24) is 10.6 Å². The van der Waals surface area contributed by atoms with Crippen molar-refractivity contribution in [2.75, 3.05) is 44.4 Å². The average Bonchev–Trinajstić information content (AvgIpc) is 2.58. The summed E-state index contributed by atoms with van der Waals surface area (Å²) in [6, 6.07) is 3.66. The molecule has 1 heterocycles. The van der Waals surface area contributed by atoms with E-state index in [-0.39, 0.29) is 53.7 Å². The summed E-state index contributed by atoms with van der Waals surface area (Å²) in [7, 11) is -3.53. The first-order valence-corrected chi connectivity index (χ1v) is 9.96. The number of anilines is 1. The lowest BCUT2D eigenvalue weighted by atomic mass is 10.2. The van der Waals surface area contributed by atoms with Crippen molar-refractivity contribution in [2.45, 2.75) is 17.4 Å². The minimum atomic E-state index is -3.53. The van der Waals surface area contributed by atoms with E-state index in [0.717, 1.165) is 12.3 Å². The van der Waals surface area contributed by atoms with Crippen molar-refractivity contribution in [3.8, 4) is 0 Å². The van der Waals surface area contributed by atoms with Crippen molar-refractivity contribution in [1.29, 1.82) is 0 Å². The van der Waals surface area contributed by atoms with Crippen LogP contribution in [0.15, 0.2) is 23.1 Å². The number of morpholine rings is 1. The molecule has 3 N–H and O–H groups in total. The summed E-state index contributed by atoms with van der Waals surface area (Å²) in [6.07, 6.45) is 1.28. The van der Waals surface area contributed by atoms with E-state index in [1.54, 1.807) is 0 Å². The number of nitrogens with zero attached hydrogens (tertiary/aromatic N) is 1. The van der Waals surface area contributed by atoms with Gasteiger partial charge in [0.05, 0.1) is 23.0 Å². The first-order valence-electron chi connectivity index (χ1n) is 8.07. The molecule has 27 heavy (non-hydrogen) atoms. The number of carbonyl (C=O) groups is 1. The molecule has 2 rings (SSSR count). The van der Waals surface area contributed by atoms with Crippen LogP contribution in [0.2, 0.25) is 0 Å². The number of amides is 1. The Kier molecular flexibility index (Phi) is 8.89. The van der Waals surface area contributed by atoms with Gasteiger partial charge in [-0.25, -0.2) is 8.42 Å². The maximum absolute atomic E-state index is 11.8. The van der Waals surface area contributed by atoms with E-state index >= 15 is 0 Å². The molecule has 0 radical (unpaired) electrons. The molecular weight excluding hydrogens is 400 g/mol. The van der Waals surface area contributed by atoms with Gasteiger partial charge in [-0.05, 0) is 12.1 Å². The molecule has 0 saturated carbocycles. The monoisotopic (exact) mass is 422 g/mol. The summed E-state index contributed by atoms with van der Waals surface area (Å²) >= 11 is 0. The standard InChI is InChI=1S/C15H22N4O6S.ClH/c1-26(23,24)12-2-3-13(14(9-12)19(21)22)17-4-5-18-15(20)8-11-10-25-7-6-16-11;/h2-3,9,11,16-17H,4-8,10H2,1H3,(H,18,20);1H. The van der Waals surface area contributed by atoms with Gasteiger partial charge in [-0.3, -0.25) is 14.9 Å². The molecule has 0 aliphatic carbocycles. The Balaban J connectivity index is 0.00000364. The maximum atomic E-state index is 11.8. The molecule has 0 bridgehead atoms. The number of hydrogen-bond donors (Lipinski definition) is 3. The van der Waals surface area contributed by atoms with Gasteiger partial charge < -0.3 is 20.7 Å².